The van der Waals surface area contributed by atoms with Gasteiger partial charge in [-0.3, -0.25) is 4.98 Å². The lowest BCUT2D eigenvalue weighted by Gasteiger charge is -2.18. The standard InChI is InChI=1S/C13H19N5O/c1-14-11-4-2-3-10(11)5-7-18-13(19)17-8-6-15-9-12(17)16-18/h6,8-11,14H,2-5,7H2,1H3. The van der Waals surface area contributed by atoms with Gasteiger partial charge in [0.1, 0.15) is 0 Å². The first kappa shape index (κ1) is 12.3. The van der Waals surface area contributed by atoms with Crippen LogP contribution >= 0.6 is 0 Å². The summed E-state index contributed by atoms with van der Waals surface area (Å²) < 4.78 is 3.10. The van der Waals surface area contributed by atoms with Crippen LogP contribution in [0.3, 0.4) is 0 Å². The fourth-order valence-corrected chi connectivity index (χ4v) is 3.08. The lowest BCUT2D eigenvalue weighted by atomic mass is 10.00. The number of rotatable bonds is 4. The minimum Gasteiger partial charge on any atom is -0.317 e. The molecule has 6 nitrogen and oxygen atoms in total. The maximum Gasteiger partial charge on any atom is 0.350 e. The molecule has 3 rings (SSSR count). The average Bonchev–Trinajstić information content (AvgIpc) is 3.01. The van der Waals surface area contributed by atoms with Crippen molar-refractivity contribution in [2.45, 2.75) is 38.3 Å². The van der Waals surface area contributed by atoms with E-state index in [9.17, 15) is 4.79 Å². The van der Waals surface area contributed by atoms with E-state index in [0.717, 1.165) is 6.42 Å². The minimum absolute atomic E-state index is 0.0728. The Bertz CT molecular complexity index is 617. The molecule has 0 amide bonds. The van der Waals surface area contributed by atoms with E-state index in [1.54, 1.807) is 23.3 Å². The van der Waals surface area contributed by atoms with Crippen LogP contribution in [0, 0.1) is 5.92 Å². The van der Waals surface area contributed by atoms with Gasteiger partial charge in [0.05, 0.1) is 6.20 Å². The van der Waals surface area contributed by atoms with E-state index >= 15 is 0 Å². The van der Waals surface area contributed by atoms with Gasteiger partial charge in [-0.05, 0) is 32.2 Å². The summed E-state index contributed by atoms with van der Waals surface area (Å²) in [5, 5.41) is 7.68. The van der Waals surface area contributed by atoms with Crippen LogP contribution in [0.4, 0.5) is 0 Å². The molecule has 2 aromatic rings. The highest BCUT2D eigenvalue weighted by Gasteiger charge is 2.25. The highest BCUT2D eigenvalue weighted by Crippen LogP contribution is 2.28. The van der Waals surface area contributed by atoms with Gasteiger partial charge in [0, 0.05) is 25.0 Å². The first-order chi connectivity index (χ1) is 9.29. The van der Waals surface area contributed by atoms with Gasteiger partial charge in [-0.2, -0.15) is 0 Å². The van der Waals surface area contributed by atoms with Gasteiger partial charge >= 0.3 is 5.69 Å². The predicted octanol–water partition coefficient (Wildman–Crippen LogP) is 0.669. The van der Waals surface area contributed by atoms with Gasteiger partial charge in [0.2, 0.25) is 0 Å². The molecule has 0 spiro atoms. The van der Waals surface area contributed by atoms with Crippen molar-refractivity contribution in [3.8, 4) is 0 Å². The quantitative estimate of drug-likeness (QED) is 0.878. The number of fused-ring (bicyclic) bond motifs is 1. The van der Waals surface area contributed by atoms with Crippen molar-refractivity contribution in [3.05, 3.63) is 29.1 Å². The molecule has 1 aliphatic rings. The van der Waals surface area contributed by atoms with Crippen molar-refractivity contribution >= 4 is 5.65 Å². The Kier molecular flexibility index (Phi) is 3.33. The van der Waals surface area contributed by atoms with Crippen molar-refractivity contribution in [2.75, 3.05) is 7.05 Å². The Morgan fingerprint density at radius 2 is 2.37 bits per heavy atom. The van der Waals surface area contributed by atoms with Gasteiger partial charge in [-0.25, -0.2) is 13.9 Å². The number of hydrogen-bond acceptors (Lipinski definition) is 4. The topological polar surface area (TPSA) is 64.2 Å². The number of nitrogens with zero attached hydrogens (tertiary/aromatic N) is 4. The van der Waals surface area contributed by atoms with Crippen LogP contribution in [0.15, 0.2) is 23.4 Å². The second-order valence-corrected chi connectivity index (χ2v) is 5.19. The molecule has 0 radical (unpaired) electrons. The molecule has 102 valence electrons. The van der Waals surface area contributed by atoms with Crippen molar-refractivity contribution in [1.82, 2.24) is 24.5 Å². The summed E-state index contributed by atoms with van der Waals surface area (Å²) in [4.78, 5) is 16.1. The second kappa shape index (κ2) is 5.13. The lowest BCUT2D eigenvalue weighted by Crippen LogP contribution is -2.30. The van der Waals surface area contributed by atoms with Gasteiger partial charge in [0.25, 0.3) is 0 Å². The lowest BCUT2D eigenvalue weighted by molar-refractivity contribution is 0.366. The molecular formula is C13H19N5O. The first-order valence-corrected chi connectivity index (χ1v) is 6.86. The zero-order chi connectivity index (χ0) is 13.2. The van der Waals surface area contributed by atoms with Crippen LogP contribution in [0.2, 0.25) is 0 Å². The fourth-order valence-electron chi connectivity index (χ4n) is 3.08. The second-order valence-electron chi connectivity index (χ2n) is 5.19. The molecule has 0 bridgehead atoms. The summed E-state index contributed by atoms with van der Waals surface area (Å²) in [6.45, 7) is 0.684. The normalized spacial score (nSPS) is 23.2. The van der Waals surface area contributed by atoms with Crippen molar-refractivity contribution in [1.29, 1.82) is 0 Å². The number of nitrogens with one attached hydrogen (secondary N) is 1. The third-order valence-electron chi connectivity index (χ3n) is 4.13. The molecule has 2 heterocycles. The van der Waals surface area contributed by atoms with E-state index in [-0.39, 0.29) is 5.69 Å². The molecule has 1 saturated carbocycles. The van der Waals surface area contributed by atoms with E-state index in [4.69, 9.17) is 0 Å². The van der Waals surface area contributed by atoms with Crippen molar-refractivity contribution in [2.24, 2.45) is 5.92 Å². The van der Waals surface area contributed by atoms with Crippen LogP contribution < -0.4 is 11.0 Å². The molecular weight excluding hydrogens is 242 g/mol. The summed E-state index contributed by atoms with van der Waals surface area (Å²) in [5.74, 6) is 0.653. The van der Waals surface area contributed by atoms with Crippen LogP contribution in [0.25, 0.3) is 5.65 Å². The Hall–Kier alpha value is -1.69. The summed E-state index contributed by atoms with van der Waals surface area (Å²) >= 11 is 0. The SMILES string of the molecule is CNC1CCCC1CCn1nc2cnccn2c1=O. The van der Waals surface area contributed by atoms with E-state index < -0.39 is 0 Å². The van der Waals surface area contributed by atoms with Crippen LogP contribution in [-0.4, -0.2) is 32.3 Å². The van der Waals surface area contributed by atoms with Crippen molar-refractivity contribution < 1.29 is 0 Å². The molecule has 0 saturated heterocycles. The molecule has 0 aromatic carbocycles. The first-order valence-electron chi connectivity index (χ1n) is 6.86. The maximum atomic E-state index is 12.1. The largest absolute Gasteiger partial charge is 0.350 e. The highest BCUT2D eigenvalue weighted by molar-refractivity contribution is 5.31. The maximum absolute atomic E-state index is 12.1. The summed E-state index contributed by atoms with van der Waals surface area (Å²) in [6, 6.07) is 0.592. The van der Waals surface area contributed by atoms with E-state index in [1.807, 2.05) is 7.05 Å². The minimum atomic E-state index is -0.0728. The van der Waals surface area contributed by atoms with Gasteiger partial charge in [-0.1, -0.05) is 6.42 Å². The zero-order valence-corrected chi connectivity index (χ0v) is 11.1. The average molecular weight is 261 g/mol. The Morgan fingerprint density at radius 1 is 1.47 bits per heavy atom. The molecule has 19 heavy (non-hydrogen) atoms. The molecule has 6 heteroatoms. The predicted molar refractivity (Wildman–Crippen MR) is 72.1 cm³/mol. The molecule has 2 unspecified atom stereocenters. The Labute approximate surface area is 111 Å². The molecule has 1 aliphatic carbocycles. The van der Waals surface area contributed by atoms with Gasteiger partial charge in [0.15, 0.2) is 5.65 Å². The summed E-state index contributed by atoms with van der Waals surface area (Å²) in [5.41, 5.74) is 0.542. The van der Waals surface area contributed by atoms with Crippen molar-refractivity contribution in [3.63, 3.8) is 0 Å². The molecule has 2 atom stereocenters. The van der Waals surface area contributed by atoms with Crippen LogP contribution in [0.5, 0.6) is 0 Å². The number of hydrogen-bond donors (Lipinski definition) is 1. The molecule has 1 fully saturated rings. The third-order valence-corrected chi connectivity index (χ3v) is 4.13. The van der Waals surface area contributed by atoms with E-state index in [1.165, 1.54) is 23.7 Å². The number of aromatic nitrogens is 4. The van der Waals surface area contributed by atoms with E-state index in [2.05, 4.69) is 15.4 Å². The molecule has 1 N–H and O–H groups in total. The Balaban J connectivity index is 1.75. The molecule has 2 aromatic heterocycles. The van der Waals surface area contributed by atoms with Crippen LogP contribution in [-0.2, 0) is 6.54 Å². The fraction of sp³-hybridized carbons (Fsp3) is 0.615. The van der Waals surface area contributed by atoms with Crippen LogP contribution in [0.1, 0.15) is 25.7 Å². The third kappa shape index (κ3) is 2.28. The van der Waals surface area contributed by atoms with Gasteiger partial charge < -0.3 is 5.32 Å². The van der Waals surface area contributed by atoms with Gasteiger partial charge in [-0.15, -0.1) is 5.10 Å². The number of aryl methyl sites for hydroxylation is 1. The zero-order valence-electron chi connectivity index (χ0n) is 11.1. The molecule has 0 aliphatic heterocycles. The van der Waals surface area contributed by atoms with E-state index in [0.29, 0.717) is 24.2 Å². The summed E-state index contributed by atoms with van der Waals surface area (Å²) in [6.07, 6.45) is 9.65. The highest BCUT2D eigenvalue weighted by atomic mass is 16.2. The monoisotopic (exact) mass is 261 g/mol. The smallest absolute Gasteiger partial charge is 0.317 e. The Morgan fingerprint density at radius 3 is 3.16 bits per heavy atom. The summed E-state index contributed by atoms with van der Waals surface area (Å²) in [7, 11) is 2.02.